The summed E-state index contributed by atoms with van der Waals surface area (Å²) >= 11 is 0. The highest BCUT2D eigenvalue weighted by Crippen LogP contribution is 2.19. The molecule has 2 amide bonds. The van der Waals surface area contributed by atoms with Gasteiger partial charge in [0.25, 0.3) is 0 Å². The zero-order chi connectivity index (χ0) is 15.2. The van der Waals surface area contributed by atoms with Gasteiger partial charge in [0, 0.05) is 19.3 Å². The van der Waals surface area contributed by atoms with Crippen LogP contribution in [0.15, 0.2) is 24.3 Å². The fraction of sp³-hybridized carbons (Fsp3) is 0.429. The number of hydrogen-bond donors (Lipinski definition) is 2. The van der Waals surface area contributed by atoms with E-state index in [-0.39, 0.29) is 5.82 Å². The van der Waals surface area contributed by atoms with Crippen molar-refractivity contribution in [2.75, 3.05) is 25.6 Å². The molecular weight excluding hydrogens is 263 g/mol. The molecule has 0 saturated heterocycles. The van der Waals surface area contributed by atoms with Gasteiger partial charge in [-0.15, -0.1) is 0 Å². The number of nitrogens with one attached hydrogen (secondary N) is 2. The molecule has 20 heavy (non-hydrogen) atoms. The average molecular weight is 282 g/mol. The lowest BCUT2D eigenvalue weighted by molar-refractivity contribution is -0.138. The fourth-order valence-electron chi connectivity index (χ4n) is 1.41. The van der Waals surface area contributed by atoms with Crippen LogP contribution in [0.1, 0.15) is 13.8 Å². The van der Waals surface area contributed by atoms with Gasteiger partial charge in [0.15, 0.2) is 0 Å². The minimum Gasteiger partial charge on any atom is -0.383 e. The second kappa shape index (κ2) is 7.00. The van der Waals surface area contributed by atoms with Gasteiger partial charge in [0.05, 0.1) is 6.61 Å². The predicted molar refractivity (Wildman–Crippen MR) is 73.7 cm³/mol. The van der Waals surface area contributed by atoms with Crippen molar-refractivity contribution in [1.29, 1.82) is 0 Å². The Morgan fingerprint density at radius 3 is 2.35 bits per heavy atom. The number of methoxy groups -OCH3 is 1. The molecule has 1 rings (SSSR count). The Morgan fingerprint density at radius 2 is 1.80 bits per heavy atom. The summed E-state index contributed by atoms with van der Waals surface area (Å²) in [6, 6.07) is 5.35. The van der Waals surface area contributed by atoms with Crippen molar-refractivity contribution in [2.45, 2.75) is 13.8 Å². The van der Waals surface area contributed by atoms with Gasteiger partial charge in [-0.3, -0.25) is 9.59 Å². The largest absolute Gasteiger partial charge is 0.383 e. The number of hydrogen-bond acceptors (Lipinski definition) is 3. The molecule has 0 aliphatic carbocycles. The zero-order valence-electron chi connectivity index (χ0n) is 11.8. The lowest BCUT2D eigenvalue weighted by Crippen LogP contribution is -2.45. The summed E-state index contributed by atoms with van der Waals surface area (Å²) in [5.41, 5.74) is -0.795. The normalized spacial score (nSPS) is 11.0. The van der Waals surface area contributed by atoms with E-state index in [4.69, 9.17) is 4.74 Å². The van der Waals surface area contributed by atoms with Crippen LogP contribution in [-0.2, 0) is 14.3 Å². The van der Waals surface area contributed by atoms with E-state index in [2.05, 4.69) is 10.6 Å². The van der Waals surface area contributed by atoms with Crippen LogP contribution < -0.4 is 10.6 Å². The maximum Gasteiger partial charge on any atom is 0.239 e. The topological polar surface area (TPSA) is 67.4 Å². The van der Waals surface area contributed by atoms with Crippen molar-refractivity contribution in [3.63, 3.8) is 0 Å². The Balaban J connectivity index is 2.64. The van der Waals surface area contributed by atoms with Gasteiger partial charge < -0.3 is 15.4 Å². The van der Waals surface area contributed by atoms with Crippen LogP contribution in [0.25, 0.3) is 0 Å². The highest BCUT2D eigenvalue weighted by Gasteiger charge is 2.35. The molecule has 0 radical (unpaired) electrons. The van der Waals surface area contributed by atoms with E-state index < -0.39 is 17.2 Å². The molecule has 0 aliphatic heterocycles. The van der Waals surface area contributed by atoms with Crippen LogP contribution in [-0.4, -0.2) is 32.1 Å². The number of amides is 2. The van der Waals surface area contributed by atoms with Gasteiger partial charge in [0.2, 0.25) is 11.8 Å². The van der Waals surface area contributed by atoms with E-state index in [1.54, 1.807) is 0 Å². The molecule has 0 aliphatic rings. The summed E-state index contributed by atoms with van der Waals surface area (Å²) in [6.45, 7) is 3.76. The molecule has 1 aromatic rings. The summed E-state index contributed by atoms with van der Waals surface area (Å²) in [5.74, 6) is -1.24. The number of ether oxygens (including phenoxy) is 1. The summed E-state index contributed by atoms with van der Waals surface area (Å²) in [4.78, 5) is 24.0. The van der Waals surface area contributed by atoms with E-state index in [1.165, 1.54) is 45.2 Å². The molecule has 2 N–H and O–H groups in total. The Labute approximate surface area is 117 Å². The van der Waals surface area contributed by atoms with Crippen LogP contribution in [0, 0.1) is 11.2 Å². The van der Waals surface area contributed by atoms with Crippen molar-refractivity contribution in [3.8, 4) is 0 Å². The Hall–Kier alpha value is -1.95. The van der Waals surface area contributed by atoms with Crippen molar-refractivity contribution in [1.82, 2.24) is 5.32 Å². The Morgan fingerprint density at radius 1 is 1.20 bits per heavy atom. The lowest BCUT2D eigenvalue weighted by atomic mass is 9.91. The first-order valence-electron chi connectivity index (χ1n) is 6.22. The number of anilines is 1. The molecule has 0 bridgehead atoms. The minimum absolute atomic E-state index is 0.336. The molecule has 0 unspecified atom stereocenters. The first kappa shape index (κ1) is 16.1. The lowest BCUT2D eigenvalue weighted by Gasteiger charge is -2.22. The van der Waals surface area contributed by atoms with Crippen LogP contribution >= 0.6 is 0 Å². The summed E-state index contributed by atoms with van der Waals surface area (Å²) < 4.78 is 17.6. The van der Waals surface area contributed by atoms with Crippen molar-refractivity contribution in [2.24, 2.45) is 5.41 Å². The number of carbonyl (C=O) groups is 2. The smallest absolute Gasteiger partial charge is 0.239 e. The van der Waals surface area contributed by atoms with Gasteiger partial charge in [-0.1, -0.05) is 0 Å². The first-order valence-corrected chi connectivity index (χ1v) is 6.22. The maximum atomic E-state index is 12.8. The zero-order valence-corrected chi connectivity index (χ0v) is 11.8. The molecule has 0 atom stereocenters. The number of rotatable bonds is 6. The molecule has 5 nitrogen and oxygen atoms in total. The van der Waals surface area contributed by atoms with E-state index in [0.29, 0.717) is 18.8 Å². The van der Waals surface area contributed by atoms with Gasteiger partial charge >= 0.3 is 0 Å². The third-order valence-corrected chi connectivity index (χ3v) is 2.83. The average Bonchev–Trinajstić information content (AvgIpc) is 2.41. The van der Waals surface area contributed by atoms with Gasteiger partial charge in [0.1, 0.15) is 11.2 Å². The number of carbonyl (C=O) groups excluding carboxylic acids is 2. The third-order valence-electron chi connectivity index (χ3n) is 2.83. The second-order valence-electron chi connectivity index (χ2n) is 4.83. The van der Waals surface area contributed by atoms with E-state index in [9.17, 15) is 14.0 Å². The molecule has 0 heterocycles. The third kappa shape index (κ3) is 4.31. The summed E-state index contributed by atoms with van der Waals surface area (Å²) in [5, 5.41) is 5.20. The van der Waals surface area contributed by atoms with Crippen LogP contribution in [0.4, 0.5) is 10.1 Å². The molecule has 0 fully saturated rings. The Bertz CT molecular complexity index is 472. The van der Waals surface area contributed by atoms with E-state index in [1.807, 2.05) is 0 Å². The first-order chi connectivity index (χ1) is 9.37. The van der Waals surface area contributed by atoms with Crippen molar-refractivity contribution in [3.05, 3.63) is 30.1 Å². The van der Waals surface area contributed by atoms with Crippen LogP contribution in [0.2, 0.25) is 0 Å². The molecule has 6 heteroatoms. The van der Waals surface area contributed by atoms with E-state index >= 15 is 0 Å². The van der Waals surface area contributed by atoms with E-state index in [0.717, 1.165) is 0 Å². The molecule has 0 saturated carbocycles. The number of halogens is 1. The fourth-order valence-corrected chi connectivity index (χ4v) is 1.41. The van der Waals surface area contributed by atoms with Gasteiger partial charge in [-0.25, -0.2) is 4.39 Å². The molecule has 0 aromatic heterocycles. The molecule has 1 aromatic carbocycles. The standard InChI is InChI=1S/C14H19FN2O3/c1-14(2,12(18)16-8-9-20-3)13(19)17-11-6-4-10(15)5-7-11/h4-7H,8-9H2,1-3H3,(H,16,18)(H,17,19). The number of benzene rings is 1. The highest BCUT2D eigenvalue weighted by atomic mass is 19.1. The molecular formula is C14H19FN2O3. The monoisotopic (exact) mass is 282 g/mol. The highest BCUT2D eigenvalue weighted by molar-refractivity contribution is 6.09. The molecule has 0 spiro atoms. The quantitative estimate of drug-likeness (QED) is 0.614. The second-order valence-corrected chi connectivity index (χ2v) is 4.83. The summed E-state index contributed by atoms with van der Waals surface area (Å²) in [7, 11) is 1.53. The van der Waals surface area contributed by atoms with Crippen LogP contribution in [0.3, 0.4) is 0 Å². The maximum absolute atomic E-state index is 12.8. The minimum atomic E-state index is -1.23. The van der Waals surface area contributed by atoms with Crippen molar-refractivity contribution >= 4 is 17.5 Å². The van der Waals surface area contributed by atoms with Crippen molar-refractivity contribution < 1.29 is 18.7 Å². The predicted octanol–water partition coefficient (Wildman–Crippen LogP) is 1.55. The van der Waals surface area contributed by atoms with Gasteiger partial charge in [-0.05, 0) is 38.1 Å². The molecule has 110 valence electrons. The SMILES string of the molecule is COCCNC(=O)C(C)(C)C(=O)Nc1ccc(F)cc1. The van der Waals surface area contributed by atoms with Crippen LogP contribution in [0.5, 0.6) is 0 Å². The van der Waals surface area contributed by atoms with Gasteiger partial charge in [-0.2, -0.15) is 0 Å². The Kier molecular flexibility index (Phi) is 5.64. The summed E-state index contributed by atoms with van der Waals surface area (Å²) in [6.07, 6.45) is 0.